The van der Waals surface area contributed by atoms with E-state index in [4.69, 9.17) is 5.73 Å². The number of nitrogens with two attached hydrogens (primary N) is 1. The molecule has 0 unspecified atom stereocenters. The van der Waals surface area contributed by atoms with Gasteiger partial charge in [-0.3, -0.25) is 0 Å². The summed E-state index contributed by atoms with van der Waals surface area (Å²) < 4.78 is 40.2. The van der Waals surface area contributed by atoms with Crippen molar-refractivity contribution < 1.29 is 12.8 Å². The Bertz CT molecular complexity index is 728. The van der Waals surface area contributed by atoms with Gasteiger partial charge < -0.3 is 5.73 Å². The maximum Gasteiger partial charge on any atom is 0.240 e. The summed E-state index contributed by atoms with van der Waals surface area (Å²) in [4.78, 5) is 0.0106. The van der Waals surface area contributed by atoms with Crippen molar-refractivity contribution in [2.24, 2.45) is 5.73 Å². The molecule has 2 rings (SSSR count). The predicted octanol–water partition coefficient (Wildman–Crippen LogP) is 2.07. The van der Waals surface area contributed by atoms with Crippen molar-refractivity contribution in [3.05, 3.63) is 65.0 Å². The van der Waals surface area contributed by atoms with E-state index in [-0.39, 0.29) is 23.5 Å². The van der Waals surface area contributed by atoms with Crippen LogP contribution in [0.3, 0.4) is 0 Å². The Hall–Kier alpha value is -1.76. The number of hydrogen-bond acceptors (Lipinski definition) is 3. The second kappa shape index (κ2) is 6.34. The fourth-order valence-electron chi connectivity index (χ4n) is 1.84. The molecule has 0 aliphatic heterocycles. The third kappa shape index (κ3) is 3.87. The SMILES string of the molecule is Cc1ccc(CNS(=O)(=O)c2ccc(F)c(CN)c2)cc1. The molecule has 0 heterocycles. The van der Waals surface area contributed by atoms with Gasteiger partial charge in [0.1, 0.15) is 5.82 Å². The molecule has 0 aliphatic carbocycles. The fourth-order valence-corrected chi connectivity index (χ4v) is 2.91. The maximum absolute atomic E-state index is 13.4. The van der Waals surface area contributed by atoms with Gasteiger partial charge in [0.2, 0.25) is 10.0 Å². The van der Waals surface area contributed by atoms with Crippen molar-refractivity contribution >= 4 is 10.0 Å². The van der Waals surface area contributed by atoms with E-state index >= 15 is 0 Å². The van der Waals surface area contributed by atoms with Gasteiger partial charge in [-0.1, -0.05) is 29.8 Å². The van der Waals surface area contributed by atoms with Crippen LogP contribution in [-0.4, -0.2) is 8.42 Å². The van der Waals surface area contributed by atoms with Crippen LogP contribution in [0.15, 0.2) is 47.4 Å². The molecule has 3 N–H and O–H groups in total. The summed E-state index contributed by atoms with van der Waals surface area (Å²) in [6, 6.07) is 11.1. The van der Waals surface area contributed by atoms with E-state index in [1.807, 2.05) is 31.2 Å². The maximum atomic E-state index is 13.4. The van der Waals surface area contributed by atoms with Crippen LogP contribution < -0.4 is 10.5 Å². The minimum atomic E-state index is -3.69. The van der Waals surface area contributed by atoms with Crippen LogP contribution in [0.1, 0.15) is 16.7 Å². The second-order valence-corrected chi connectivity index (χ2v) is 6.53. The molecule has 0 saturated carbocycles. The van der Waals surface area contributed by atoms with Crippen LogP contribution >= 0.6 is 0 Å². The van der Waals surface area contributed by atoms with E-state index in [1.54, 1.807) is 0 Å². The molecule has 0 spiro atoms. The summed E-state index contributed by atoms with van der Waals surface area (Å²) in [5, 5.41) is 0. The lowest BCUT2D eigenvalue weighted by molar-refractivity contribution is 0.579. The Labute approximate surface area is 123 Å². The Kier molecular flexibility index (Phi) is 4.72. The fraction of sp³-hybridized carbons (Fsp3) is 0.200. The van der Waals surface area contributed by atoms with E-state index in [2.05, 4.69) is 4.72 Å². The second-order valence-electron chi connectivity index (χ2n) is 4.77. The highest BCUT2D eigenvalue weighted by Gasteiger charge is 2.15. The van der Waals surface area contributed by atoms with Gasteiger partial charge >= 0.3 is 0 Å². The van der Waals surface area contributed by atoms with E-state index in [0.717, 1.165) is 17.2 Å². The highest BCUT2D eigenvalue weighted by Crippen LogP contribution is 2.15. The van der Waals surface area contributed by atoms with Crippen molar-refractivity contribution in [3.63, 3.8) is 0 Å². The molecular weight excluding hydrogens is 291 g/mol. The van der Waals surface area contributed by atoms with Crippen molar-refractivity contribution in [2.45, 2.75) is 24.9 Å². The van der Waals surface area contributed by atoms with Crippen LogP contribution in [0.2, 0.25) is 0 Å². The Balaban J connectivity index is 2.16. The highest BCUT2D eigenvalue weighted by molar-refractivity contribution is 7.89. The van der Waals surface area contributed by atoms with Gasteiger partial charge in [-0.15, -0.1) is 0 Å². The molecule has 0 amide bonds. The summed E-state index contributed by atoms with van der Waals surface area (Å²) in [5.41, 5.74) is 7.52. The molecule has 0 fully saturated rings. The quantitative estimate of drug-likeness (QED) is 0.888. The first-order valence-electron chi connectivity index (χ1n) is 6.46. The molecule has 21 heavy (non-hydrogen) atoms. The number of benzene rings is 2. The van der Waals surface area contributed by atoms with Crippen molar-refractivity contribution in [2.75, 3.05) is 0 Å². The largest absolute Gasteiger partial charge is 0.326 e. The zero-order chi connectivity index (χ0) is 15.5. The van der Waals surface area contributed by atoms with E-state index in [9.17, 15) is 12.8 Å². The van der Waals surface area contributed by atoms with Gasteiger partial charge in [0.25, 0.3) is 0 Å². The van der Waals surface area contributed by atoms with E-state index in [1.165, 1.54) is 12.1 Å². The van der Waals surface area contributed by atoms with E-state index in [0.29, 0.717) is 0 Å². The minimum absolute atomic E-state index is 0.0106. The zero-order valence-corrected chi connectivity index (χ0v) is 12.5. The Morgan fingerprint density at radius 1 is 1.14 bits per heavy atom. The molecule has 0 atom stereocenters. The third-order valence-electron chi connectivity index (χ3n) is 3.13. The molecule has 2 aromatic carbocycles. The lowest BCUT2D eigenvalue weighted by Crippen LogP contribution is -2.23. The standard InChI is InChI=1S/C15H17FN2O2S/c1-11-2-4-12(5-3-11)10-18-21(19,20)14-6-7-15(16)13(8-14)9-17/h2-8,18H,9-10,17H2,1H3. The molecule has 4 nitrogen and oxygen atoms in total. The lowest BCUT2D eigenvalue weighted by atomic mass is 10.2. The number of hydrogen-bond donors (Lipinski definition) is 2. The third-order valence-corrected chi connectivity index (χ3v) is 4.53. The van der Waals surface area contributed by atoms with E-state index < -0.39 is 15.8 Å². The van der Waals surface area contributed by atoms with Gasteiger partial charge in [-0.2, -0.15) is 0 Å². The average molecular weight is 308 g/mol. The molecule has 112 valence electrons. The smallest absolute Gasteiger partial charge is 0.240 e. The van der Waals surface area contributed by atoms with Crippen LogP contribution in [0.4, 0.5) is 4.39 Å². The molecular formula is C15H17FN2O2S. The summed E-state index contributed by atoms with van der Waals surface area (Å²) in [6.45, 7) is 2.09. The minimum Gasteiger partial charge on any atom is -0.326 e. The molecule has 0 bridgehead atoms. The van der Waals surface area contributed by atoms with Crippen LogP contribution in [0.5, 0.6) is 0 Å². The van der Waals surface area contributed by atoms with Gasteiger partial charge in [0.05, 0.1) is 4.90 Å². The first-order chi connectivity index (χ1) is 9.92. The summed E-state index contributed by atoms with van der Waals surface area (Å²) in [5.74, 6) is -0.505. The molecule has 0 aromatic heterocycles. The molecule has 0 saturated heterocycles. The normalized spacial score (nSPS) is 11.6. The Morgan fingerprint density at radius 3 is 2.43 bits per heavy atom. The number of sulfonamides is 1. The van der Waals surface area contributed by atoms with Crippen molar-refractivity contribution in [3.8, 4) is 0 Å². The summed E-state index contributed by atoms with van der Waals surface area (Å²) >= 11 is 0. The van der Waals surface area contributed by atoms with Crippen molar-refractivity contribution in [1.82, 2.24) is 4.72 Å². The average Bonchev–Trinajstić information content (AvgIpc) is 2.47. The van der Waals surface area contributed by atoms with Gasteiger partial charge in [0.15, 0.2) is 0 Å². The molecule has 6 heteroatoms. The highest BCUT2D eigenvalue weighted by atomic mass is 32.2. The monoisotopic (exact) mass is 308 g/mol. The number of nitrogens with one attached hydrogen (secondary N) is 1. The van der Waals surface area contributed by atoms with Crippen LogP contribution in [0.25, 0.3) is 0 Å². The van der Waals surface area contributed by atoms with Gasteiger partial charge in [-0.05, 0) is 30.7 Å². The molecule has 0 radical (unpaired) electrons. The predicted molar refractivity (Wildman–Crippen MR) is 79.5 cm³/mol. The first-order valence-corrected chi connectivity index (χ1v) is 7.94. The van der Waals surface area contributed by atoms with Crippen LogP contribution in [-0.2, 0) is 23.1 Å². The first kappa shape index (κ1) is 15.6. The zero-order valence-electron chi connectivity index (χ0n) is 11.6. The van der Waals surface area contributed by atoms with Crippen molar-refractivity contribution in [1.29, 1.82) is 0 Å². The molecule has 2 aromatic rings. The number of rotatable bonds is 5. The molecule has 0 aliphatic rings. The van der Waals surface area contributed by atoms with Crippen LogP contribution in [0, 0.1) is 12.7 Å². The number of aryl methyl sites for hydroxylation is 1. The lowest BCUT2D eigenvalue weighted by Gasteiger charge is -2.09. The van der Waals surface area contributed by atoms with Gasteiger partial charge in [-0.25, -0.2) is 17.5 Å². The number of halogens is 1. The summed E-state index contributed by atoms with van der Waals surface area (Å²) in [6.07, 6.45) is 0. The van der Waals surface area contributed by atoms with Gasteiger partial charge in [0, 0.05) is 18.7 Å². The summed E-state index contributed by atoms with van der Waals surface area (Å²) in [7, 11) is -3.69. The topological polar surface area (TPSA) is 72.2 Å². The Morgan fingerprint density at radius 2 is 1.81 bits per heavy atom.